The molecule has 0 atom stereocenters. The molecule has 15 heavy (non-hydrogen) atoms. The lowest BCUT2D eigenvalue weighted by Gasteiger charge is -1.94. The maximum absolute atomic E-state index is 10.1. The standard InChI is InChI=1S/C9H13N3O3/c1-6-8(7(2)12(3)11-6)4-10-15-5-9(13)14/h4H,5H2,1-3H3,(H,13,14). The largest absolute Gasteiger partial charge is 0.479 e. The first-order valence-electron chi connectivity index (χ1n) is 4.39. The highest BCUT2D eigenvalue weighted by atomic mass is 16.6. The number of carboxylic acid groups (broad SMARTS) is 1. The summed E-state index contributed by atoms with van der Waals surface area (Å²) in [5, 5.41) is 16.0. The van der Waals surface area contributed by atoms with Gasteiger partial charge < -0.3 is 9.94 Å². The van der Waals surface area contributed by atoms with Gasteiger partial charge in [0.05, 0.1) is 11.9 Å². The molecule has 0 aromatic carbocycles. The Morgan fingerprint density at radius 1 is 1.67 bits per heavy atom. The summed E-state index contributed by atoms with van der Waals surface area (Å²) < 4.78 is 1.73. The molecule has 0 unspecified atom stereocenters. The van der Waals surface area contributed by atoms with E-state index < -0.39 is 12.6 Å². The predicted molar refractivity (Wildman–Crippen MR) is 53.9 cm³/mol. The highest BCUT2D eigenvalue weighted by Crippen LogP contribution is 2.08. The number of nitrogens with zero attached hydrogens (tertiary/aromatic N) is 3. The van der Waals surface area contributed by atoms with Crippen molar-refractivity contribution >= 4 is 12.2 Å². The Balaban J connectivity index is 2.68. The number of hydrogen-bond acceptors (Lipinski definition) is 4. The smallest absolute Gasteiger partial charge is 0.344 e. The van der Waals surface area contributed by atoms with Crippen molar-refractivity contribution in [3.05, 3.63) is 17.0 Å². The van der Waals surface area contributed by atoms with Gasteiger partial charge in [-0.3, -0.25) is 4.68 Å². The van der Waals surface area contributed by atoms with Crippen LogP contribution in [0.5, 0.6) is 0 Å². The van der Waals surface area contributed by atoms with Gasteiger partial charge in [0.25, 0.3) is 0 Å². The summed E-state index contributed by atoms with van der Waals surface area (Å²) in [7, 11) is 1.83. The molecule has 0 saturated carbocycles. The summed E-state index contributed by atoms with van der Waals surface area (Å²) in [4.78, 5) is 14.7. The second-order valence-electron chi connectivity index (χ2n) is 3.11. The van der Waals surface area contributed by atoms with Gasteiger partial charge in [0.15, 0.2) is 0 Å². The van der Waals surface area contributed by atoms with E-state index in [1.807, 2.05) is 20.9 Å². The fraction of sp³-hybridized carbons (Fsp3) is 0.444. The van der Waals surface area contributed by atoms with Crippen LogP contribution in [0.2, 0.25) is 0 Å². The minimum absolute atomic E-state index is 0.436. The van der Waals surface area contributed by atoms with E-state index in [1.165, 1.54) is 6.21 Å². The Bertz CT molecular complexity index is 396. The average Bonchev–Trinajstić information content (AvgIpc) is 2.37. The highest BCUT2D eigenvalue weighted by molar-refractivity contribution is 5.82. The number of aliphatic carboxylic acids is 1. The van der Waals surface area contributed by atoms with Gasteiger partial charge in [0.2, 0.25) is 6.61 Å². The van der Waals surface area contributed by atoms with E-state index >= 15 is 0 Å². The van der Waals surface area contributed by atoms with Crippen LogP contribution in [0.15, 0.2) is 5.16 Å². The van der Waals surface area contributed by atoms with E-state index in [0.29, 0.717) is 0 Å². The Morgan fingerprint density at radius 3 is 2.80 bits per heavy atom. The van der Waals surface area contributed by atoms with E-state index in [1.54, 1.807) is 4.68 Å². The SMILES string of the molecule is Cc1nn(C)c(C)c1C=NOCC(=O)O. The molecular formula is C9H13N3O3. The third-order valence-corrected chi connectivity index (χ3v) is 2.01. The fourth-order valence-electron chi connectivity index (χ4n) is 1.16. The predicted octanol–water partition coefficient (Wildman–Crippen LogP) is 0.472. The molecule has 1 N–H and O–H groups in total. The molecule has 0 aliphatic carbocycles. The summed E-state index contributed by atoms with van der Waals surface area (Å²) in [5.74, 6) is -1.05. The number of aromatic nitrogens is 2. The van der Waals surface area contributed by atoms with Crippen molar-refractivity contribution in [2.24, 2.45) is 12.2 Å². The van der Waals surface area contributed by atoms with Crippen LogP contribution < -0.4 is 0 Å². The van der Waals surface area contributed by atoms with Crippen molar-refractivity contribution < 1.29 is 14.7 Å². The van der Waals surface area contributed by atoms with E-state index in [2.05, 4.69) is 15.1 Å². The molecule has 1 rings (SSSR count). The van der Waals surface area contributed by atoms with Crippen molar-refractivity contribution in [2.75, 3.05) is 6.61 Å². The first kappa shape index (κ1) is 11.2. The number of carboxylic acids is 1. The van der Waals surface area contributed by atoms with Crippen molar-refractivity contribution in [2.45, 2.75) is 13.8 Å². The van der Waals surface area contributed by atoms with Gasteiger partial charge in [-0.15, -0.1) is 0 Å². The minimum atomic E-state index is -1.05. The van der Waals surface area contributed by atoms with Gasteiger partial charge in [-0.25, -0.2) is 4.79 Å². The normalized spacial score (nSPS) is 10.9. The molecule has 0 radical (unpaired) electrons. The molecule has 0 spiro atoms. The minimum Gasteiger partial charge on any atom is -0.479 e. The van der Waals surface area contributed by atoms with Gasteiger partial charge in [0, 0.05) is 18.3 Å². The van der Waals surface area contributed by atoms with Gasteiger partial charge >= 0.3 is 5.97 Å². The molecule has 6 heteroatoms. The maximum atomic E-state index is 10.1. The van der Waals surface area contributed by atoms with E-state index in [4.69, 9.17) is 5.11 Å². The summed E-state index contributed by atoms with van der Waals surface area (Å²) in [5.41, 5.74) is 2.63. The van der Waals surface area contributed by atoms with Crippen molar-refractivity contribution in [1.82, 2.24) is 9.78 Å². The lowest BCUT2D eigenvalue weighted by molar-refractivity contribution is -0.142. The number of rotatable bonds is 4. The van der Waals surface area contributed by atoms with Gasteiger partial charge in [-0.2, -0.15) is 5.10 Å². The molecule has 0 saturated heterocycles. The molecule has 1 heterocycles. The first-order valence-corrected chi connectivity index (χ1v) is 4.39. The monoisotopic (exact) mass is 211 g/mol. The Labute approximate surface area is 87.1 Å². The van der Waals surface area contributed by atoms with Gasteiger partial charge in [-0.05, 0) is 13.8 Å². The van der Waals surface area contributed by atoms with Crippen LogP contribution in [0.1, 0.15) is 17.0 Å². The second-order valence-corrected chi connectivity index (χ2v) is 3.11. The lowest BCUT2D eigenvalue weighted by Crippen LogP contribution is -2.03. The van der Waals surface area contributed by atoms with E-state index in [0.717, 1.165) is 17.0 Å². The summed E-state index contributed by atoms with van der Waals surface area (Å²) in [6.45, 7) is 3.32. The zero-order valence-corrected chi connectivity index (χ0v) is 8.89. The molecule has 0 amide bonds. The first-order chi connectivity index (χ1) is 7.02. The molecule has 82 valence electrons. The van der Waals surface area contributed by atoms with Gasteiger partial charge in [-0.1, -0.05) is 5.16 Å². The molecule has 6 nitrogen and oxygen atoms in total. The van der Waals surface area contributed by atoms with Crippen LogP contribution in [-0.4, -0.2) is 33.7 Å². The third-order valence-electron chi connectivity index (χ3n) is 2.01. The van der Waals surface area contributed by atoms with Crippen LogP contribution in [0.3, 0.4) is 0 Å². The number of oxime groups is 1. The quantitative estimate of drug-likeness (QED) is 0.580. The highest BCUT2D eigenvalue weighted by Gasteiger charge is 2.06. The van der Waals surface area contributed by atoms with Crippen LogP contribution >= 0.6 is 0 Å². The van der Waals surface area contributed by atoms with Crippen LogP contribution in [-0.2, 0) is 16.7 Å². The third kappa shape index (κ3) is 2.80. The van der Waals surface area contributed by atoms with Gasteiger partial charge in [0.1, 0.15) is 0 Å². The molecular weight excluding hydrogens is 198 g/mol. The Hall–Kier alpha value is -1.85. The summed E-state index contributed by atoms with van der Waals surface area (Å²) in [6.07, 6.45) is 1.47. The fourth-order valence-corrected chi connectivity index (χ4v) is 1.16. The van der Waals surface area contributed by atoms with Crippen LogP contribution in [0, 0.1) is 13.8 Å². The van der Waals surface area contributed by atoms with Crippen LogP contribution in [0.25, 0.3) is 0 Å². The molecule has 0 aliphatic rings. The Kier molecular flexibility index (Phi) is 3.43. The molecule has 0 bridgehead atoms. The molecule has 0 fully saturated rings. The molecule has 0 aliphatic heterocycles. The van der Waals surface area contributed by atoms with Crippen molar-refractivity contribution in [3.8, 4) is 0 Å². The number of hydrogen-bond donors (Lipinski definition) is 1. The van der Waals surface area contributed by atoms with Crippen molar-refractivity contribution in [3.63, 3.8) is 0 Å². The average molecular weight is 211 g/mol. The molecule has 1 aromatic rings. The van der Waals surface area contributed by atoms with Crippen molar-refractivity contribution in [1.29, 1.82) is 0 Å². The number of carbonyl (C=O) groups is 1. The zero-order chi connectivity index (χ0) is 11.4. The second kappa shape index (κ2) is 4.59. The maximum Gasteiger partial charge on any atom is 0.344 e. The summed E-state index contributed by atoms with van der Waals surface area (Å²) in [6, 6.07) is 0. The molecule has 1 aromatic heterocycles. The van der Waals surface area contributed by atoms with Crippen LogP contribution in [0.4, 0.5) is 0 Å². The van der Waals surface area contributed by atoms with E-state index in [9.17, 15) is 4.79 Å². The summed E-state index contributed by atoms with van der Waals surface area (Å²) >= 11 is 0. The Morgan fingerprint density at radius 2 is 2.33 bits per heavy atom. The topological polar surface area (TPSA) is 76.7 Å². The lowest BCUT2D eigenvalue weighted by atomic mass is 10.2. The number of aryl methyl sites for hydroxylation is 2. The zero-order valence-electron chi connectivity index (χ0n) is 8.89. The van der Waals surface area contributed by atoms with E-state index in [-0.39, 0.29) is 0 Å².